The maximum Gasteiger partial charge on any atom is 0.269 e. The van der Waals surface area contributed by atoms with Gasteiger partial charge in [-0.15, -0.1) is 0 Å². The molecule has 0 unspecified atom stereocenters. The summed E-state index contributed by atoms with van der Waals surface area (Å²) >= 11 is 2.82. The lowest BCUT2D eigenvalue weighted by Gasteiger charge is -2.04. The van der Waals surface area contributed by atoms with E-state index >= 15 is 0 Å². The molecule has 3 rings (SSSR count). The van der Waals surface area contributed by atoms with Gasteiger partial charge in [-0.3, -0.25) is 10.1 Å². The second kappa shape index (κ2) is 5.76. The Morgan fingerprint density at radius 2 is 2.24 bits per heavy atom. The SMILES string of the molecule is O=[N+]([O-])c1ccc(Sc2nc3cccnc3s2)c(CO)c1. The summed E-state index contributed by atoms with van der Waals surface area (Å²) in [7, 11) is 0. The van der Waals surface area contributed by atoms with Gasteiger partial charge in [-0.25, -0.2) is 9.97 Å². The van der Waals surface area contributed by atoms with E-state index < -0.39 is 4.92 Å². The molecule has 0 amide bonds. The van der Waals surface area contributed by atoms with Crippen molar-refractivity contribution in [3.05, 3.63) is 52.2 Å². The number of hydrogen-bond acceptors (Lipinski definition) is 7. The van der Waals surface area contributed by atoms with Gasteiger partial charge in [-0.05, 0) is 23.8 Å². The first kappa shape index (κ1) is 13.9. The monoisotopic (exact) mass is 319 g/mol. The Morgan fingerprint density at radius 1 is 1.38 bits per heavy atom. The standard InChI is InChI=1S/C13H9N3O3S2/c17-7-8-6-9(16(18)19)3-4-11(8)20-13-15-10-2-1-5-14-12(10)21-13/h1-6,17H,7H2. The first-order valence-corrected chi connectivity index (χ1v) is 7.58. The molecule has 0 bridgehead atoms. The van der Waals surface area contributed by atoms with Gasteiger partial charge in [-0.2, -0.15) is 0 Å². The van der Waals surface area contributed by atoms with E-state index in [2.05, 4.69) is 9.97 Å². The molecule has 2 heterocycles. The van der Waals surface area contributed by atoms with Gasteiger partial charge < -0.3 is 5.11 Å². The molecule has 106 valence electrons. The highest BCUT2D eigenvalue weighted by molar-refractivity contribution is 8.01. The van der Waals surface area contributed by atoms with Crippen LogP contribution in [0.25, 0.3) is 10.3 Å². The van der Waals surface area contributed by atoms with Crippen LogP contribution in [-0.4, -0.2) is 20.0 Å². The van der Waals surface area contributed by atoms with Crippen molar-refractivity contribution in [3.8, 4) is 0 Å². The van der Waals surface area contributed by atoms with Gasteiger partial charge >= 0.3 is 0 Å². The Balaban J connectivity index is 1.95. The molecule has 0 aliphatic carbocycles. The molecule has 2 aromatic heterocycles. The summed E-state index contributed by atoms with van der Waals surface area (Å²) < 4.78 is 0.784. The highest BCUT2D eigenvalue weighted by atomic mass is 32.2. The number of rotatable bonds is 4. The Morgan fingerprint density at radius 3 is 2.95 bits per heavy atom. The van der Waals surface area contributed by atoms with Crippen molar-refractivity contribution in [3.63, 3.8) is 0 Å². The molecule has 3 aromatic rings. The number of pyridine rings is 1. The summed E-state index contributed by atoms with van der Waals surface area (Å²) in [6, 6.07) is 8.14. The minimum absolute atomic E-state index is 0.0330. The Bertz CT molecular complexity index is 786. The summed E-state index contributed by atoms with van der Waals surface area (Å²) in [4.78, 5) is 20.5. The Kier molecular flexibility index (Phi) is 3.82. The van der Waals surface area contributed by atoms with Crippen LogP contribution in [-0.2, 0) is 6.61 Å². The van der Waals surface area contributed by atoms with Crippen molar-refractivity contribution < 1.29 is 10.0 Å². The number of nitro benzene ring substituents is 1. The quantitative estimate of drug-likeness (QED) is 0.586. The molecular weight excluding hydrogens is 310 g/mol. The number of aromatic nitrogens is 2. The van der Waals surface area contributed by atoms with Crippen LogP contribution in [0.1, 0.15) is 5.56 Å². The minimum atomic E-state index is -0.477. The van der Waals surface area contributed by atoms with Crippen LogP contribution in [0, 0.1) is 10.1 Å². The summed E-state index contributed by atoms with van der Waals surface area (Å²) in [6.45, 7) is -0.257. The fourth-order valence-corrected chi connectivity index (χ4v) is 3.83. The van der Waals surface area contributed by atoms with Crippen LogP contribution in [0.15, 0.2) is 45.8 Å². The molecule has 0 spiro atoms. The van der Waals surface area contributed by atoms with Crippen molar-refractivity contribution in [1.29, 1.82) is 0 Å². The van der Waals surface area contributed by atoms with E-state index in [9.17, 15) is 15.2 Å². The van der Waals surface area contributed by atoms with E-state index in [4.69, 9.17) is 0 Å². The Hall–Kier alpha value is -2.03. The predicted octanol–water partition coefficient (Wildman–Crippen LogP) is 3.24. The van der Waals surface area contributed by atoms with E-state index in [1.165, 1.54) is 35.2 Å². The van der Waals surface area contributed by atoms with E-state index in [1.54, 1.807) is 12.3 Å². The number of benzene rings is 1. The maximum atomic E-state index is 10.8. The van der Waals surface area contributed by atoms with Crippen LogP contribution < -0.4 is 0 Å². The van der Waals surface area contributed by atoms with E-state index in [0.717, 1.165) is 19.6 Å². The fraction of sp³-hybridized carbons (Fsp3) is 0.0769. The zero-order valence-corrected chi connectivity index (χ0v) is 12.2. The van der Waals surface area contributed by atoms with Gasteiger partial charge in [0.05, 0.1) is 11.5 Å². The van der Waals surface area contributed by atoms with Gasteiger partial charge in [0.25, 0.3) is 5.69 Å². The highest BCUT2D eigenvalue weighted by Crippen LogP contribution is 2.36. The largest absolute Gasteiger partial charge is 0.392 e. The number of aliphatic hydroxyl groups is 1. The first-order chi connectivity index (χ1) is 10.2. The van der Waals surface area contributed by atoms with E-state index in [0.29, 0.717) is 5.56 Å². The normalized spacial score (nSPS) is 10.9. The average Bonchev–Trinajstić information content (AvgIpc) is 2.89. The summed E-state index contributed by atoms with van der Waals surface area (Å²) in [6.07, 6.45) is 1.71. The van der Waals surface area contributed by atoms with E-state index in [-0.39, 0.29) is 12.3 Å². The Labute approximate surface area is 127 Å². The van der Waals surface area contributed by atoms with E-state index in [1.807, 2.05) is 12.1 Å². The van der Waals surface area contributed by atoms with Crippen LogP contribution >= 0.6 is 23.1 Å². The van der Waals surface area contributed by atoms with Crippen LogP contribution in [0.3, 0.4) is 0 Å². The van der Waals surface area contributed by atoms with Crippen molar-refractivity contribution in [2.24, 2.45) is 0 Å². The lowest BCUT2D eigenvalue weighted by molar-refractivity contribution is -0.385. The first-order valence-electron chi connectivity index (χ1n) is 5.95. The molecule has 1 aromatic carbocycles. The molecular formula is C13H9N3O3S2. The average molecular weight is 319 g/mol. The van der Waals surface area contributed by atoms with Crippen molar-refractivity contribution in [1.82, 2.24) is 9.97 Å². The third-order valence-electron chi connectivity index (χ3n) is 2.77. The molecule has 21 heavy (non-hydrogen) atoms. The number of thiazole rings is 1. The zero-order chi connectivity index (χ0) is 14.8. The molecule has 0 fully saturated rings. The van der Waals surface area contributed by atoms with Crippen molar-refractivity contribution in [2.75, 3.05) is 0 Å². The van der Waals surface area contributed by atoms with Crippen molar-refractivity contribution in [2.45, 2.75) is 15.8 Å². The molecule has 6 nitrogen and oxygen atoms in total. The van der Waals surface area contributed by atoms with Gasteiger partial charge in [-0.1, -0.05) is 23.1 Å². The molecule has 0 saturated carbocycles. The molecule has 1 N–H and O–H groups in total. The molecule has 0 aliphatic heterocycles. The number of nitro groups is 1. The smallest absolute Gasteiger partial charge is 0.269 e. The van der Waals surface area contributed by atoms with Crippen LogP contribution in [0.5, 0.6) is 0 Å². The van der Waals surface area contributed by atoms with Gasteiger partial charge in [0.2, 0.25) is 0 Å². The number of non-ortho nitro benzene ring substituents is 1. The lowest BCUT2D eigenvalue weighted by Crippen LogP contribution is -1.93. The summed E-state index contributed by atoms with van der Waals surface area (Å²) in [5.74, 6) is 0. The molecule has 0 atom stereocenters. The number of hydrogen-bond donors (Lipinski definition) is 1. The highest BCUT2D eigenvalue weighted by Gasteiger charge is 2.13. The third-order valence-corrected chi connectivity index (χ3v) is 4.93. The van der Waals surface area contributed by atoms with Crippen LogP contribution in [0.2, 0.25) is 0 Å². The molecule has 0 radical (unpaired) electrons. The number of fused-ring (bicyclic) bond motifs is 1. The fourth-order valence-electron chi connectivity index (χ4n) is 1.79. The second-order valence-corrected chi connectivity index (χ2v) is 6.38. The third kappa shape index (κ3) is 2.87. The second-order valence-electron chi connectivity index (χ2n) is 4.12. The van der Waals surface area contributed by atoms with Gasteiger partial charge in [0.1, 0.15) is 10.3 Å². The predicted molar refractivity (Wildman–Crippen MR) is 80.6 cm³/mol. The molecule has 0 aliphatic rings. The lowest BCUT2D eigenvalue weighted by atomic mass is 10.2. The zero-order valence-electron chi connectivity index (χ0n) is 10.6. The number of aliphatic hydroxyl groups excluding tert-OH is 1. The summed E-state index contributed by atoms with van der Waals surface area (Å²) in [5.41, 5.74) is 1.30. The van der Waals surface area contributed by atoms with Gasteiger partial charge in [0, 0.05) is 23.2 Å². The molecule has 0 saturated heterocycles. The minimum Gasteiger partial charge on any atom is -0.392 e. The van der Waals surface area contributed by atoms with Gasteiger partial charge in [0.15, 0.2) is 4.34 Å². The molecule has 8 heteroatoms. The van der Waals surface area contributed by atoms with Crippen LogP contribution in [0.4, 0.5) is 5.69 Å². The topological polar surface area (TPSA) is 89.2 Å². The summed E-state index contributed by atoms with van der Waals surface area (Å²) in [5, 5.41) is 20.1. The van der Waals surface area contributed by atoms with Crippen molar-refractivity contribution >= 4 is 39.1 Å². The number of nitrogens with zero attached hydrogens (tertiary/aromatic N) is 3. The maximum absolute atomic E-state index is 10.8.